The number of carbonyl (C=O) groups is 1. The summed E-state index contributed by atoms with van der Waals surface area (Å²) in [5, 5.41) is 0. The number of allylic oxidation sites excluding steroid dienone is 2. The molecular formula is C12H21O4P. The average Bonchev–Trinajstić information content (AvgIpc) is 2.55. The molecule has 0 aromatic carbocycles. The van der Waals surface area contributed by atoms with E-state index in [4.69, 9.17) is 9.05 Å². The van der Waals surface area contributed by atoms with E-state index in [1.807, 2.05) is 13.8 Å². The normalized spacial score (nSPS) is 21.4. The van der Waals surface area contributed by atoms with Crippen LogP contribution in [0.4, 0.5) is 0 Å². The summed E-state index contributed by atoms with van der Waals surface area (Å²) in [6.07, 6.45) is 0.936. The Morgan fingerprint density at radius 3 is 2.12 bits per heavy atom. The molecule has 0 aromatic heterocycles. The van der Waals surface area contributed by atoms with Gasteiger partial charge in [0.05, 0.1) is 18.9 Å². The number of rotatable bonds is 6. The van der Waals surface area contributed by atoms with Crippen molar-refractivity contribution in [1.29, 1.82) is 0 Å². The Labute approximate surface area is 103 Å². The molecule has 17 heavy (non-hydrogen) atoms. The van der Waals surface area contributed by atoms with Crippen molar-refractivity contribution in [1.82, 2.24) is 0 Å². The molecule has 1 atom stereocenters. The summed E-state index contributed by atoms with van der Waals surface area (Å²) in [7, 11) is -3.19. The van der Waals surface area contributed by atoms with Crippen LogP contribution in [0.5, 0.6) is 0 Å². The highest BCUT2D eigenvalue weighted by Gasteiger charge is 2.43. The van der Waals surface area contributed by atoms with E-state index >= 15 is 0 Å². The molecule has 1 aliphatic rings. The third kappa shape index (κ3) is 2.87. The number of carbonyl (C=O) groups excluding carboxylic acids is 1. The molecule has 0 radical (unpaired) electrons. The largest absolute Gasteiger partial charge is 0.338 e. The van der Waals surface area contributed by atoms with Gasteiger partial charge in [-0.25, -0.2) is 0 Å². The molecule has 0 saturated heterocycles. The zero-order valence-electron chi connectivity index (χ0n) is 11.0. The lowest BCUT2D eigenvalue weighted by molar-refractivity contribution is -0.115. The lowest BCUT2D eigenvalue weighted by atomic mass is 10.1. The molecule has 1 aliphatic carbocycles. The van der Waals surface area contributed by atoms with Gasteiger partial charge < -0.3 is 9.05 Å². The molecule has 4 nitrogen and oxygen atoms in total. The molecular weight excluding hydrogens is 239 g/mol. The van der Waals surface area contributed by atoms with Crippen molar-refractivity contribution < 1.29 is 18.4 Å². The van der Waals surface area contributed by atoms with E-state index in [-0.39, 0.29) is 17.9 Å². The van der Waals surface area contributed by atoms with Crippen LogP contribution in [-0.4, -0.2) is 24.7 Å². The highest BCUT2D eigenvalue weighted by atomic mass is 31.2. The predicted octanol–water partition coefficient (Wildman–Crippen LogP) is 3.32. The lowest BCUT2D eigenvalue weighted by Gasteiger charge is -2.23. The third-order valence-electron chi connectivity index (χ3n) is 3.04. The van der Waals surface area contributed by atoms with Crippen LogP contribution >= 0.6 is 7.60 Å². The summed E-state index contributed by atoms with van der Waals surface area (Å²) in [6.45, 7) is 8.02. The molecule has 0 spiro atoms. The molecule has 0 amide bonds. The van der Waals surface area contributed by atoms with Crippen LogP contribution in [0.15, 0.2) is 11.1 Å². The van der Waals surface area contributed by atoms with Crippen molar-refractivity contribution in [2.75, 3.05) is 13.2 Å². The summed E-state index contributed by atoms with van der Waals surface area (Å²) in [5.74, 6) is 0.0784. The fourth-order valence-electron chi connectivity index (χ4n) is 2.28. The van der Waals surface area contributed by atoms with Crippen molar-refractivity contribution in [3.63, 3.8) is 0 Å². The van der Waals surface area contributed by atoms with Gasteiger partial charge in [-0.15, -0.1) is 0 Å². The van der Waals surface area contributed by atoms with Gasteiger partial charge in [-0.2, -0.15) is 0 Å². The zero-order valence-corrected chi connectivity index (χ0v) is 11.9. The maximum atomic E-state index is 12.6. The Bertz CT molecular complexity index is 363. The molecule has 0 bridgehead atoms. The number of hydrogen-bond acceptors (Lipinski definition) is 4. The second kappa shape index (κ2) is 5.94. The molecule has 1 rings (SSSR count). The lowest BCUT2D eigenvalue weighted by Crippen LogP contribution is -2.13. The Morgan fingerprint density at radius 2 is 1.76 bits per heavy atom. The summed E-state index contributed by atoms with van der Waals surface area (Å²) in [5.41, 5.74) is 1.28. The van der Waals surface area contributed by atoms with Gasteiger partial charge in [-0.3, -0.25) is 9.36 Å². The molecule has 5 heteroatoms. The first kappa shape index (κ1) is 14.6. The SMILES string of the molecule is CCOP(=O)(OCC)C1CC(=O)C(CC)=C1C. The van der Waals surface area contributed by atoms with E-state index in [0.717, 1.165) is 11.1 Å². The molecule has 0 heterocycles. The summed E-state index contributed by atoms with van der Waals surface area (Å²) >= 11 is 0. The first-order valence-electron chi connectivity index (χ1n) is 6.11. The Kier molecular flexibility index (Phi) is 5.11. The Hall–Kier alpha value is -0.440. The summed E-state index contributed by atoms with van der Waals surface area (Å²) in [4.78, 5) is 11.8. The van der Waals surface area contributed by atoms with E-state index in [1.54, 1.807) is 13.8 Å². The molecule has 0 aliphatic heterocycles. The maximum absolute atomic E-state index is 12.6. The van der Waals surface area contributed by atoms with E-state index in [1.165, 1.54) is 0 Å². The van der Waals surface area contributed by atoms with Crippen molar-refractivity contribution in [3.05, 3.63) is 11.1 Å². The first-order chi connectivity index (χ1) is 8.00. The third-order valence-corrected chi connectivity index (χ3v) is 5.61. The zero-order chi connectivity index (χ0) is 13.1. The standard InChI is InChI=1S/C12H21O4P/c1-5-10-9(4)12(8-11(10)13)17(14,15-6-2)16-7-3/h12H,5-8H2,1-4H3. The van der Waals surface area contributed by atoms with Crippen molar-refractivity contribution >= 4 is 13.4 Å². The second-order valence-electron chi connectivity index (χ2n) is 4.03. The van der Waals surface area contributed by atoms with Crippen molar-refractivity contribution in [3.8, 4) is 0 Å². The van der Waals surface area contributed by atoms with Gasteiger partial charge in [0.15, 0.2) is 5.78 Å². The van der Waals surface area contributed by atoms with Gasteiger partial charge in [0.2, 0.25) is 0 Å². The monoisotopic (exact) mass is 260 g/mol. The summed E-state index contributed by atoms with van der Waals surface area (Å²) in [6, 6.07) is 0. The minimum Gasteiger partial charge on any atom is -0.308 e. The van der Waals surface area contributed by atoms with Crippen molar-refractivity contribution in [2.24, 2.45) is 0 Å². The molecule has 1 unspecified atom stereocenters. The van der Waals surface area contributed by atoms with Crippen LogP contribution in [0.1, 0.15) is 40.5 Å². The van der Waals surface area contributed by atoms with Gasteiger partial charge in [-0.1, -0.05) is 12.5 Å². The minimum atomic E-state index is -3.19. The Morgan fingerprint density at radius 1 is 1.24 bits per heavy atom. The molecule has 0 aromatic rings. The topological polar surface area (TPSA) is 52.6 Å². The average molecular weight is 260 g/mol. The smallest absolute Gasteiger partial charge is 0.308 e. The quantitative estimate of drug-likeness (QED) is 0.687. The van der Waals surface area contributed by atoms with Gasteiger partial charge in [0.25, 0.3) is 0 Å². The van der Waals surface area contributed by atoms with Crippen LogP contribution in [0.25, 0.3) is 0 Å². The second-order valence-corrected chi connectivity index (χ2v) is 6.25. The number of Topliss-reactive ketones (excluding diaryl/α,β-unsaturated/α-hetero) is 1. The van der Waals surface area contributed by atoms with Crippen LogP contribution in [-0.2, 0) is 18.4 Å². The van der Waals surface area contributed by atoms with Gasteiger partial charge in [0, 0.05) is 6.42 Å². The van der Waals surface area contributed by atoms with Crippen LogP contribution in [0.2, 0.25) is 0 Å². The molecule has 98 valence electrons. The van der Waals surface area contributed by atoms with E-state index in [2.05, 4.69) is 0 Å². The Balaban J connectivity index is 3.03. The summed E-state index contributed by atoms with van der Waals surface area (Å²) < 4.78 is 23.2. The van der Waals surface area contributed by atoms with E-state index < -0.39 is 7.60 Å². The highest BCUT2D eigenvalue weighted by Crippen LogP contribution is 2.59. The number of ketones is 1. The van der Waals surface area contributed by atoms with Crippen LogP contribution < -0.4 is 0 Å². The fourth-order valence-corrected chi connectivity index (χ4v) is 4.45. The van der Waals surface area contributed by atoms with Gasteiger partial charge in [0.1, 0.15) is 0 Å². The molecule has 0 fully saturated rings. The van der Waals surface area contributed by atoms with Gasteiger partial charge >= 0.3 is 7.60 Å². The number of hydrogen-bond donors (Lipinski definition) is 0. The van der Waals surface area contributed by atoms with Crippen LogP contribution in [0.3, 0.4) is 0 Å². The maximum Gasteiger partial charge on any atom is 0.338 e. The molecule has 0 saturated carbocycles. The van der Waals surface area contributed by atoms with E-state index in [0.29, 0.717) is 19.6 Å². The van der Waals surface area contributed by atoms with Crippen molar-refractivity contribution in [2.45, 2.75) is 46.2 Å². The minimum absolute atomic E-state index is 0.0784. The fraction of sp³-hybridized carbons (Fsp3) is 0.750. The first-order valence-corrected chi connectivity index (χ1v) is 7.72. The van der Waals surface area contributed by atoms with Crippen LogP contribution in [0, 0.1) is 0 Å². The predicted molar refractivity (Wildman–Crippen MR) is 67.3 cm³/mol. The van der Waals surface area contributed by atoms with E-state index in [9.17, 15) is 9.36 Å². The van der Waals surface area contributed by atoms with Gasteiger partial charge in [-0.05, 0) is 32.8 Å². The molecule has 0 N–H and O–H groups in total. The highest BCUT2D eigenvalue weighted by molar-refractivity contribution is 7.55.